The molecule has 0 aliphatic carbocycles. The molecule has 0 bridgehead atoms. The molecule has 0 N–H and O–H groups in total. The highest BCUT2D eigenvalue weighted by molar-refractivity contribution is 7.88. The third-order valence-electron chi connectivity index (χ3n) is 5.73. The third kappa shape index (κ3) is 7.10. The molecule has 0 saturated carbocycles. The minimum atomic E-state index is -3.35. The van der Waals surface area contributed by atoms with E-state index < -0.39 is 16.0 Å². The Balaban J connectivity index is 1.58. The molecule has 2 heterocycles. The van der Waals surface area contributed by atoms with Gasteiger partial charge in [-0.2, -0.15) is 4.31 Å². The van der Waals surface area contributed by atoms with Gasteiger partial charge >= 0.3 is 5.97 Å². The van der Waals surface area contributed by atoms with E-state index in [-0.39, 0.29) is 12.0 Å². The quantitative estimate of drug-likeness (QED) is 0.517. The summed E-state index contributed by atoms with van der Waals surface area (Å²) < 4.78 is 31.5. The molecule has 1 saturated heterocycles. The summed E-state index contributed by atoms with van der Waals surface area (Å²) in [7, 11) is -3.35. The van der Waals surface area contributed by atoms with E-state index in [1.807, 2.05) is 49.4 Å². The molecule has 1 aromatic heterocycles. The molecule has 0 amide bonds. The van der Waals surface area contributed by atoms with E-state index in [0.29, 0.717) is 24.7 Å². The van der Waals surface area contributed by atoms with E-state index in [1.54, 1.807) is 11.2 Å². The number of rotatable bonds is 9. The summed E-state index contributed by atoms with van der Waals surface area (Å²) >= 11 is 0. The van der Waals surface area contributed by atoms with Crippen LogP contribution in [0.3, 0.4) is 0 Å². The maximum atomic E-state index is 12.5. The first-order valence-corrected chi connectivity index (χ1v) is 13.1. The summed E-state index contributed by atoms with van der Waals surface area (Å²) in [6, 6.07) is 9.62. The van der Waals surface area contributed by atoms with Crippen LogP contribution >= 0.6 is 0 Å². The van der Waals surface area contributed by atoms with Gasteiger partial charge in [0, 0.05) is 38.1 Å². The summed E-state index contributed by atoms with van der Waals surface area (Å²) in [4.78, 5) is 22.5. The number of aromatic nitrogens is 2. The Morgan fingerprint density at radius 1 is 1.21 bits per heavy atom. The van der Waals surface area contributed by atoms with Crippen LogP contribution in [0.25, 0.3) is 6.08 Å². The van der Waals surface area contributed by atoms with Crippen LogP contribution in [0.1, 0.15) is 42.6 Å². The van der Waals surface area contributed by atoms with Gasteiger partial charge in [-0.3, -0.25) is 0 Å². The van der Waals surface area contributed by atoms with Crippen molar-refractivity contribution in [1.82, 2.24) is 14.3 Å². The predicted molar refractivity (Wildman–Crippen MR) is 129 cm³/mol. The lowest BCUT2D eigenvalue weighted by Crippen LogP contribution is -2.44. The zero-order valence-corrected chi connectivity index (χ0v) is 20.2. The largest absolute Gasteiger partial charge is 0.462 e. The van der Waals surface area contributed by atoms with Crippen molar-refractivity contribution >= 4 is 28.0 Å². The van der Waals surface area contributed by atoms with Gasteiger partial charge < -0.3 is 9.64 Å². The Morgan fingerprint density at radius 2 is 1.85 bits per heavy atom. The van der Waals surface area contributed by atoms with Gasteiger partial charge in [-0.1, -0.05) is 42.5 Å². The second kappa shape index (κ2) is 11.4. The molecular weight excluding hydrogens is 440 g/mol. The maximum Gasteiger partial charge on any atom is 0.341 e. The molecule has 1 unspecified atom stereocenters. The first kappa shape index (κ1) is 24.9. The van der Waals surface area contributed by atoms with Crippen molar-refractivity contribution in [1.29, 1.82) is 0 Å². The Labute approximate surface area is 196 Å². The molecule has 1 aromatic carbocycles. The van der Waals surface area contributed by atoms with Crippen LogP contribution in [-0.2, 0) is 14.8 Å². The first-order valence-electron chi connectivity index (χ1n) is 11.2. The van der Waals surface area contributed by atoms with Crippen LogP contribution in [0, 0.1) is 5.92 Å². The van der Waals surface area contributed by atoms with E-state index in [4.69, 9.17) is 4.74 Å². The van der Waals surface area contributed by atoms with E-state index >= 15 is 0 Å². The van der Waals surface area contributed by atoms with Crippen molar-refractivity contribution in [3.63, 3.8) is 0 Å². The van der Waals surface area contributed by atoms with Crippen molar-refractivity contribution < 1.29 is 17.9 Å². The molecule has 2 aromatic rings. The maximum absolute atomic E-state index is 12.5. The fourth-order valence-electron chi connectivity index (χ4n) is 3.89. The normalized spacial score (nSPS) is 16.3. The molecular formula is C24H32N4O4S. The first-order chi connectivity index (χ1) is 15.8. The molecule has 1 aliphatic heterocycles. The minimum Gasteiger partial charge on any atom is -0.462 e. The number of sulfonamides is 1. The van der Waals surface area contributed by atoms with E-state index in [9.17, 15) is 13.2 Å². The van der Waals surface area contributed by atoms with Crippen molar-refractivity contribution in [2.45, 2.75) is 32.7 Å². The number of carbonyl (C=O) groups excluding carboxylic acids is 1. The summed E-state index contributed by atoms with van der Waals surface area (Å²) in [6.45, 7) is 5.91. The van der Waals surface area contributed by atoms with Crippen LogP contribution < -0.4 is 4.90 Å². The molecule has 8 nitrogen and oxygen atoms in total. The van der Waals surface area contributed by atoms with Gasteiger partial charge in [0.2, 0.25) is 16.0 Å². The van der Waals surface area contributed by atoms with Gasteiger partial charge in [0.1, 0.15) is 0 Å². The molecule has 9 heteroatoms. The van der Waals surface area contributed by atoms with Crippen LogP contribution in [0.4, 0.5) is 5.95 Å². The number of piperidine rings is 1. The van der Waals surface area contributed by atoms with Crippen molar-refractivity contribution in [2.75, 3.05) is 37.4 Å². The third-order valence-corrected chi connectivity index (χ3v) is 7.07. The average Bonchev–Trinajstić information content (AvgIpc) is 2.81. The lowest BCUT2D eigenvalue weighted by atomic mass is 9.96. The highest BCUT2D eigenvalue weighted by Crippen LogP contribution is 2.24. The number of anilines is 1. The zero-order valence-electron chi connectivity index (χ0n) is 19.4. The van der Waals surface area contributed by atoms with E-state index in [1.165, 1.54) is 18.6 Å². The number of hydrogen-bond donors (Lipinski definition) is 0. The van der Waals surface area contributed by atoms with Gasteiger partial charge in [0.25, 0.3) is 0 Å². The second-order valence-electron chi connectivity index (χ2n) is 8.27. The lowest BCUT2D eigenvalue weighted by molar-refractivity contribution is 0.0525. The molecule has 0 radical (unpaired) electrons. The predicted octanol–water partition coefficient (Wildman–Crippen LogP) is 3.23. The van der Waals surface area contributed by atoms with Gasteiger partial charge in [-0.15, -0.1) is 0 Å². The number of ether oxygens (including phenoxy) is 1. The summed E-state index contributed by atoms with van der Waals surface area (Å²) in [5, 5.41) is 0. The SMILES string of the molecule is CCOC(=O)c1cnc(N2CCC(CN(C(C)C=Cc3ccccc3)S(C)(=O)=O)CC2)nc1. The van der Waals surface area contributed by atoms with Crippen LogP contribution in [0.5, 0.6) is 0 Å². The summed E-state index contributed by atoms with van der Waals surface area (Å²) in [5.41, 5.74) is 1.37. The fourth-order valence-corrected chi connectivity index (χ4v) is 5.04. The van der Waals surface area contributed by atoms with Crippen molar-refractivity contribution in [3.8, 4) is 0 Å². The molecule has 0 spiro atoms. The van der Waals surface area contributed by atoms with Crippen molar-refractivity contribution in [3.05, 3.63) is 59.9 Å². The minimum absolute atomic E-state index is 0.239. The Kier molecular flexibility index (Phi) is 8.57. The number of nitrogens with zero attached hydrogens (tertiary/aromatic N) is 4. The lowest BCUT2D eigenvalue weighted by Gasteiger charge is -2.35. The number of carbonyl (C=O) groups is 1. The highest BCUT2D eigenvalue weighted by Gasteiger charge is 2.28. The number of esters is 1. The monoisotopic (exact) mass is 472 g/mol. The Morgan fingerprint density at radius 3 is 2.42 bits per heavy atom. The van der Waals surface area contributed by atoms with E-state index in [0.717, 1.165) is 31.5 Å². The number of benzene rings is 1. The molecule has 178 valence electrons. The topological polar surface area (TPSA) is 92.7 Å². The molecule has 3 rings (SSSR count). The molecule has 1 aliphatic rings. The van der Waals surface area contributed by atoms with Crippen LogP contribution in [0.15, 0.2) is 48.8 Å². The van der Waals surface area contributed by atoms with Gasteiger partial charge in [0.05, 0.1) is 18.4 Å². The van der Waals surface area contributed by atoms with Crippen LogP contribution in [0.2, 0.25) is 0 Å². The second-order valence-corrected chi connectivity index (χ2v) is 10.2. The Hall–Kier alpha value is -2.78. The van der Waals surface area contributed by atoms with Gasteiger partial charge in [-0.25, -0.2) is 23.2 Å². The van der Waals surface area contributed by atoms with Crippen LogP contribution in [-0.4, -0.2) is 67.2 Å². The van der Waals surface area contributed by atoms with Crippen molar-refractivity contribution in [2.24, 2.45) is 5.92 Å². The average molecular weight is 473 g/mol. The zero-order chi connectivity index (χ0) is 23.8. The summed E-state index contributed by atoms with van der Waals surface area (Å²) in [6.07, 6.45) is 9.81. The molecule has 1 atom stereocenters. The smallest absolute Gasteiger partial charge is 0.341 e. The van der Waals surface area contributed by atoms with Gasteiger partial charge in [-0.05, 0) is 38.2 Å². The molecule has 33 heavy (non-hydrogen) atoms. The standard InChI is InChI=1S/C24H32N4O4S/c1-4-32-23(29)22-16-25-24(26-17-22)27-14-12-21(13-15-27)18-28(33(3,30)31)19(2)10-11-20-8-6-5-7-9-20/h5-11,16-17,19,21H,4,12-15,18H2,1-3H3. The fraction of sp³-hybridized carbons (Fsp3) is 0.458. The van der Waals surface area contributed by atoms with Gasteiger partial charge in [0.15, 0.2) is 0 Å². The number of hydrogen-bond acceptors (Lipinski definition) is 7. The molecule has 1 fully saturated rings. The summed E-state index contributed by atoms with van der Waals surface area (Å²) in [5.74, 6) is 0.391. The highest BCUT2D eigenvalue weighted by atomic mass is 32.2. The Bertz CT molecular complexity index is 1030. The van der Waals surface area contributed by atoms with E-state index in [2.05, 4.69) is 14.9 Å².